The lowest BCUT2D eigenvalue weighted by Crippen LogP contribution is -2.15. The van der Waals surface area contributed by atoms with Gasteiger partial charge in [0.2, 0.25) is 5.82 Å². The Hall–Kier alpha value is -2.19. The Labute approximate surface area is 141 Å². The number of rotatable bonds is 6. The minimum absolute atomic E-state index is 0.0555. The molecule has 23 heavy (non-hydrogen) atoms. The van der Waals surface area contributed by atoms with Crippen LogP contribution in [0.3, 0.4) is 0 Å². The van der Waals surface area contributed by atoms with Crippen LogP contribution in [0, 0.1) is 0 Å². The monoisotopic (exact) mass is 346 g/mol. The van der Waals surface area contributed by atoms with Gasteiger partial charge in [-0.3, -0.25) is 0 Å². The molecule has 8 heteroatoms. The van der Waals surface area contributed by atoms with E-state index in [1.165, 1.54) is 9.69 Å². The number of benzene rings is 1. The standard InChI is InChI=1S/C15H14N4O2S2/c1-22-13-4-2-11(3-5-13)9-21-14(20)8-19-17-15(16-18-19)12-6-7-23-10-12/h2-7,10H,8-9H2,1H3. The van der Waals surface area contributed by atoms with Crippen molar-refractivity contribution >= 4 is 29.1 Å². The molecule has 6 nitrogen and oxygen atoms in total. The minimum atomic E-state index is -0.395. The van der Waals surface area contributed by atoms with E-state index in [0.29, 0.717) is 5.82 Å². The second-order valence-corrected chi connectivity index (χ2v) is 6.32. The first kappa shape index (κ1) is 15.7. The van der Waals surface area contributed by atoms with E-state index in [9.17, 15) is 4.79 Å². The average molecular weight is 346 g/mol. The van der Waals surface area contributed by atoms with E-state index in [4.69, 9.17) is 4.74 Å². The van der Waals surface area contributed by atoms with Gasteiger partial charge in [-0.1, -0.05) is 12.1 Å². The third kappa shape index (κ3) is 4.17. The molecular formula is C15H14N4O2S2. The highest BCUT2D eigenvalue weighted by Gasteiger charge is 2.10. The van der Waals surface area contributed by atoms with Crippen molar-refractivity contribution in [2.45, 2.75) is 18.0 Å². The molecule has 3 aromatic rings. The van der Waals surface area contributed by atoms with E-state index >= 15 is 0 Å². The van der Waals surface area contributed by atoms with Crippen LogP contribution in [0.1, 0.15) is 5.56 Å². The molecule has 0 aliphatic carbocycles. The zero-order chi connectivity index (χ0) is 16.1. The fraction of sp³-hybridized carbons (Fsp3) is 0.200. The van der Waals surface area contributed by atoms with E-state index in [2.05, 4.69) is 15.4 Å². The Morgan fingerprint density at radius 1 is 1.30 bits per heavy atom. The van der Waals surface area contributed by atoms with E-state index < -0.39 is 5.97 Å². The Morgan fingerprint density at radius 2 is 2.13 bits per heavy atom. The van der Waals surface area contributed by atoms with Gasteiger partial charge < -0.3 is 4.74 Å². The van der Waals surface area contributed by atoms with Gasteiger partial charge in [0.05, 0.1) is 0 Å². The van der Waals surface area contributed by atoms with Crippen LogP contribution < -0.4 is 0 Å². The number of hydrogen-bond donors (Lipinski definition) is 0. The van der Waals surface area contributed by atoms with E-state index in [-0.39, 0.29) is 13.2 Å². The molecule has 0 aliphatic rings. The quantitative estimate of drug-likeness (QED) is 0.505. The number of tetrazole rings is 1. The van der Waals surface area contributed by atoms with Gasteiger partial charge in [0.25, 0.3) is 0 Å². The molecule has 0 fully saturated rings. The first-order valence-corrected chi connectivity index (χ1v) is 9.00. The predicted molar refractivity (Wildman–Crippen MR) is 89.1 cm³/mol. The van der Waals surface area contributed by atoms with Gasteiger partial charge in [0.15, 0.2) is 6.54 Å². The van der Waals surface area contributed by atoms with Crippen LogP contribution >= 0.6 is 23.1 Å². The fourth-order valence-electron chi connectivity index (χ4n) is 1.86. The number of carbonyl (C=O) groups excluding carboxylic acids is 1. The van der Waals surface area contributed by atoms with Crippen molar-refractivity contribution in [2.24, 2.45) is 0 Å². The number of thiophene rings is 1. The molecule has 0 N–H and O–H groups in total. The third-order valence-corrected chi connectivity index (χ3v) is 4.49. The van der Waals surface area contributed by atoms with E-state index in [1.54, 1.807) is 23.1 Å². The zero-order valence-corrected chi connectivity index (χ0v) is 14.0. The summed E-state index contributed by atoms with van der Waals surface area (Å²) in [5, 5.41) is 15.8. The number of esters is 1. The molecule has 1 aromatic carbocycles. The summed E-state index contributed by atoms with van der Waals surface area (Å²) in [6.45, 7) is 0.180. The summed E-state index contributed by atoms with van der Waals surface area (Å²) >= 11 is 3.23. The van der Waals surface area contributed by atoms with Crippen molar-refractivity contribution in [2.75, 3.05) is 6.26 Å². The summed E-state index contributed by atoms with van der Waals surface area (Å²) in [7, 11) is 0. The number of hydrogen-bond acceptors (Lipinski definition) is 7. The van der Waals surface area contributed by atoms with E-state index in [1.807, 2.05) is 47.3 Å². The largest absolute Gasteiger partial charge is 0.459 e. The molecule has 0 amide bonds. The summed E-state index contributed by atoms with van der Waals surface area (Å²) in [4.78, 5) is 14.3. The topological polar surface area (TPSA) is 69.9 Å². The molecule has 118 valence electrons. The van der Waals surface area contributed by atoms with Gasteiger partial charge in [-0.05, 0) is 40.6 Å². The molecule has 0 aliphatic heterocycles. The highest BCUT2D eigenvalue weighted by molar-refractivity contribution is 7.98. The van der Waals surface area contributed by atoms with Crippen LogP contribution in [0.5, 0.6) is 0 Å². The summed E-state index contributed by atoms with van der Waals surface area (Å²) in [6.07, 6.45) is 2.02. The molecule has 0 spiro atoms. The summed E-state index contributed by atoms with van der Waals surface area (Å²) in [6, 6.07) is 9.80. The lowest BCUT2D eigenvalue weighted by molar-refractivity contribution is -0.146. The highest BCUT2D eigenvalue weighted by Crippen LogP contribution is 2.17. The maximum absolute atomic E-state index is 11.9. The SMILES string of the molecule is CSc1ccc(COC(=O)Cn2nnc(-c3ccsc3)n2)cc1. The number of thioether (sulfide) groups is 1. The van der Waals surface area contributed by atoms with Crippen molar-refractivity contribution in [3.63, 3.8) is 0 Å². The molecule has 2 heterocycles. The fourth-order valence-corrected chi connectivity index (χ4v) is 2.91. The smallest absolute Gasteiger partial charge is 0.330 e. The Balaban J connectivity index is 1.53. The molecule has 3 rings (SSSR count). The molecular weight excluding hydrogens is 332 g/mol. The van der Waals surface area contributed by atoms with Crippen molar-refractivity contribution in [1.29, 1.82) is 0 Å². The van der Waals surface area contributed by atoms with Crippen LogP contribution in [-0.2, 0) is 22.7 Å². The van der Waals surface area contributed by atoms with Crippen molar-refractivity contribution < 1.29 is 9.53 Å². The van der Waals surface area contributed by atoms with Crippen LogP contribution in [0.4, 0.5) is 0 Å². The van der Waals surface area contributed by atoms with Crippen LogP contribution in [0.25, 0.3) is 11.4 Å². The maximum atomic E-state index is 11.9. The molecule has 0 saturated carbocycles. The number of ether oxygens (including phenoxy) is 1. The summed E-state index contributed by atoms with van der Waals surface area (Å²) in [5.74, 6) is 0.111. The van der Waals surface area contributed by atoms with Gasteiger partial charge in [-0.2, -0.15) is 16.1 Å². The Kier molecular flexibility index (Phi) is 5.04. The minimum Gasteiger partial charge on any atom is -0.459 e. The van der Waals surface area contributed by atoms with Crippen molar-refractivity contribution in [1.82, 2.24) is 20.2 Å². The van der Waals surface area contributed by atoms with Gasteiger partial charge in [-0.15, -0.1) is 22.0 Å². The Morgan fingerprint density at radius 3 is 2.83 bits per heavy atom. The molecule has 0 atom stereocenters. The predicted octanol–water partition coefficient (Wildman–Crippen LogP) is 2.87. The molecule has 0 unspecified atom stereocenters. The normalized spacial score (nSPS) is 10.7. The van der Waals surface area contributed by atoms with E-state index in [0.717, 1.165) is 11.1 Å². The van der Waals surface area contributed by atoms with Crippen LogP contribution in [-0.4, -0.2) is 32.4 Å². The second-order valence-electron chi connectivity index (χ2n) is 4.66. The summed E-state index contributed by atoms with van der Waals surface area (Å²) in [5.41, 5.74) is 1.84. The third-order valence-electron chi connectivity index (χ3n) is 3.06. The van der Waals surface area contributed by atoms with Crippen molar-refractivity contribution in [3.05, 3.63) is 46.7 Å². The maximum Gasteiger partial charge on any atom is 0.330 e. The second kappa shape index (κ2) is 7.38. The van der Waals surface area contributed by atoms with Gasteiger partial charge >= 0.3 is 5.97 Å². The highest BCUT2D eigenvalue weighted by atomic mass is 32.2. The molecule has 0 bridgehead atoms. The lowest BCUT2D eigenvalue weighted by Gasteiger charge is -2.05. The van der Waals surface area contributed by atoms with Crippen molar-refractivity contribution in [3.8, 4) is 11.4 Å². The number of aromatic nitrogens is 4. The van der Waals surface area contributed by atoms with Gasteiger partial charge in [0, 0.05) is 15.8 Å². The first-order chi connectivity index (χ1) is 11.2. The van der Waals surface area contributed by atoms with Crippen LogP contribution in [0.2, 0.25) is 0 Å². The summed E-state index contributed by atoms with van der Waals surface area (Å²) < 4.78 is 5.23. The Bertz CT molecular complexity index is 769. The number of carbonyl (C=O) groups is 1. The average Bonchev–Trinajstić information content (AvgIpc) is 3.24. The molecule has 0 saturated heterocycles. The zero-order valence-electron chi connectivity index (χ0n) is 12.4. The van der Waals surface area contributed by atoms with Gasteiger partial charge in [0.1, 0.15) is 6.61 Å². The van der Waals surface area contributed by atoms with Crippen LogP contribution in [0.15, 0.2) is 46.0 Å². The molecule has 0 radical (unpaired) electrons. The number of nitrogens with zero attached hydrogens (tertiary/aromatic N) is 4. The van der Waals surface area contributed by atoms with Gasteiger partial charge in [-0.25, -0.2) is 4.79 Å². The molecule has 2 aromatic heterocycles. The lowest BCUT2D eigenvalue weighted by atomic mass is 10.2. The first-order valence-electron chi connectivity index (χ1n) is 6.83.